The molecule has 1 aliphatic rings. The van der Waals surface area contributed by atoms with Crippen molar-refractivity contribution in [2.24, 2.45) is 5.92 Å². The highest BCUT2D eigenvalue weighted by atomic mass is 16.5. The van der Waals surface area contributed by atoms with E-state index in [0.717, 1.165) is 12.8 Å². The van der Waals surface area contributed by atoms with Gasteiger partial charge >= 0.3 is 0 Å². The summed E-state index contributed by atoms with van der Waals surface area (Å²) in [6.07, 6.45) is 2.18. The van der Waals surface area contributed by atoms with E-state index in [0.29, 0.717) is 24.0 Å². The molecular formula is C11H16N2O3. The van der Waals surface area contributed by atoms with Crippen LogP contribution in [0.2, 0.25) is 0 Å². The topological polar surface area (TPSA) is 64.2 Å². The molecule has 1 N–H and O–H groups in total. The fourth-order valence-corrected chi connectivity index (χ4v) is 1.81. The summed E-state index contributed by atoms with van der Waals surface area (Å²) >= 11 is 0. The third kappa shape index (κ3) is 2.48. The molecule has 1 aromatic rings. The van der Waals surface area contributed by atoms with Crippen LogP contribution in [0.4, 0.5) is 0 Å². The molecule has 1 aromatic heterocycles. The summed E-state index contributed by atoms with van der Waals surface area (Å²) < 4.78 is 10.3. The van der Waals surface area contributed by atoms with E-state index < -0.39 is 0 Å². The number of H-pyrrole nitrogens is 1. The zero-order chi connectivity index (χ0) is 11.5. The summed E-state index contributed by atoms with van der Waals surface area (Å²) in [7, 11) is 3.23. The van der Waals surface area contributed by atoms with Crippen molar-refractivity contribution >= 4 is 0 Å². The summed E-state index contributed by atoms with van der Waals surface area (Å²) in [5, 5.41) is 0. The summed E-state index contributed by atoms with van der Waals surface area (Å²) in [6.45, 7) is 0.345. The molecule has 1 atom stereocenters. The van der Waals surface area contributed by atoms with Crippen molar-refractivity contribution in [3.63, 3.8) is 0 Å². The van der Waals surface area contributed by atoms with Crippen LogP contribution in [-0.4, -0.2) is 24.2 Å². The quantitative estimate of drug-likeness (QED) is 0.810. The van der Waals surface area contributed by atoms with Gasteiger partial charge in [0.1, 0.15) is 11.9 Å². The molecule has 5 heteroatoms. The largest absolute Gasteiger partial charge is 0.378 e. The lowest BCUT2D eigenvalue weighted by Gasteiger charge is -2.13. The van der Waals surface area contributed by atoms with E-state index in [1.807, 2.05) is 0 Å². The first kappa shape index (κ1) is 11.3. The van der Waals surface area contributed by atoms with Crippen LogP contribution in [0.25, 0.3) is 0 Å². The Kier molecular flexibility index (Phi) is 3.36. The molecular weight excluding hydrogens is 208 g/mol. The molecule has 0 saturated heterocycles. The summed E-state index contributed by atoms with van der Waals surface area (Å²) in [5.41, 5.74) is 0.490. The van der Waals surface area contributed by atoms with Gasteiger partial charge in [-0.2, -0.15) is 0 Å². The van der Waals surface area contributed by atoms with Crippen LogP contribution < -0.4 is 5.56 Å². The predicted octanol–water partition coefficient (Wildman–Crippen LogP) is 1.01. The Morgan fingerprint density at radius 1 is 1.56 bits per heavy atom. The van der Waals surface area contributed by atoms with Crippen LogP contribution in [0.3, 0.4) is 0 Å². The molecule has 1 unspecified atom stereocenters. The first-order chi connectivity index (χ1) is 7.74. The number of aromatic nitrogens is 2. The molecule has 16 heavy (non-hydrogen) atoms. The number of hydrogen-bond acceptors (Lipinski definition) is 4. The molecule has 0 aromatic carbocycles. The maximum absolute atomic E-state index is 11.4. The van der Waals surface area contributed by atoms with Gasteiger partial charge in [0, 0.05) is 20.3 Å². The molecule has 1 saturated carbocycles. The molecule has 0 spiro atoms. The van der Waals surface area contributed by atoms with Crippen molar-refractivity contribution in [3.8, 4) is 0 Å². The van der Waals surface area contributed by atoms with Crippen LogP contribution in [0.15, 0.2) is 10.9 Å². The predicted molar refractivity (Wildman–Crippen MR) is 58.0 cm³/mol. The van der Waals surface area contributed by atoms with Gasteiger partial charge in [-0.25, -0.2) is 4.98 Å². The average molecular weight is 224 g/mol. The minimum atomic E-state index is -0.153. The molecule has 1 heterocycles. The van der Waals surface area contributed by atoms with Crippen molar-refractivity contribution in [1.82, 2.24) is 9.97 Å². The average Bonchev–Trinajstić information content (AvgIpc) is 3.03. The molecule has 1 aliphatic carbocycles. The number of nitrogens with one attached hydrogen (secondary N) is 1. The zero-order valence-electron chi connectivity index (χ0n) is 9.53. The van der Waals surface area contributed by atoms with Gasteiger partial charge in [0.15, 0.2) is 0 Å². The highest BCUT2D eigenvalue weighted by Gasteiger charge is 2.34. The maximum Gasteiger partial charge on any atom is 0.251 e. The fourth-order valence-electron chi connectivity index (χ4n) is 1.81. The third-order valence-corrected chi connectivity index (χ3v) is 2.68. The Balaban J connectivity index is 2.27. The fraction of sp³-hybridized carbons (Fsp3) is 0.636. The molecule has 2 rings (SSSR count). The van der Waals surface area contributed by atoms with Gasteiger partial charge in [-0.3, -0.25) is 4.79 Å². The van der Waals surface area contributed by atoms with E-state index in [4.69, 9.17) is 9.47 Å². The molecule has 88 valence electrons. The number of nitrogens with zero attached hydrogens (tertiary/aromatic N) is 1. The monoisotopic (exact) mass is 224 g/mol. The van der Waals surface area contributed by atoms with Crippen LogP contribution in [0.5, 0.6) is 0 Å². The van der Waals surface area contributed by atoms with Crippen molar-refractivity contribution in [1.29, 1.82) is 0 Å². The van der Waals surface area contributed by atoms with Crippen molar-refractivity contribution < 1.29 is 9.47 Å². The van der Waals surface area contributed by atoms with Crippen molar-refractivity contribution in [3.05, 3.63) is 27.9 Å². The molecule has 5 nitrogen and oxygen atoms in total. The lowest BCUT2D eigenvalue weighted by molar-refractivity contribution is 0.0762. The van der Waals surface area contributed by atoms with Gasteiger partial charge in [0.25, 0.3) is 5.56 Å². The molecule has 0 bridgehead atoms. The second-order valence-electron chi connectivity index (χ2n) is 4.05. The normalized spacial score (nSPS) is 17.4. The van der Waals surface area contributed by atoms with Crippen molar-refractivity contribution in [2.75, 3.05) is 14.2 Å². The second-order valence-corrected chi connectivity index (χ2v) is 4.05. The number of methoxy groups -OCH3 is 2. The standard InChI is InChI=1S/C11H16N2O3/c1-15-6-8-5-9(14)13-11(12-8)10(16-2)7-3-4-7/h5,7,10H,3-4,6H2,1-2H3,(H,12,13,14). The summed E-state index contributed by atoms with van der Waals surface area (Å²) in [5.74, 6) is 1.11. The van der Waals surface area contributed by atoms with E-state index in [1.54, 1.807) is 14.2 Å². The smallest absolute Gasteiger partial charge is 0.251 e. The Bertz CT molecular complexity index is 412. The van der Waals surface area contributed by atoms with Crippen LogP contribution in [0.1, 0.15) is 30.5 Å². The minimum Gasteiger partial charge on any atom is -0.378 e. The number of rotatable bonds is 5. The van der Waals surface area contributed by atoms with E-state index >= 15 is 0 Å². The zero-order valence-corrected chi connectivity index (χ0v) is 9.53. The molecule has 0 amide bonds. The van der Waals surface area contributed by atoms with E-state index in [9.17, 15) is 4.79 Å². The third-order valence-electron chi connectivity index (χ3n) is 2.68. The Morgan fingerprint density at radius 3 is 2.88 bits per heavy atom. The minimum absolute atomic E-state index is 0.0930. The molecule has 0 radical (unpaired) electrons. The van der Waals surface area contributed by atoms with E-state index in [2.05, 4.69) is 9.97 Å². The number of aromatic amines is 1. The highest BCUT2D eigenvalue weighted by Crippen LogP contribution is 2.41. The molecule has 0 aliphatic heterocycles. The number of hydrogen-bond donors (Lipinski definition) is 1. The van der Waals surface area contributed by atoms with Crippen molar-refractivity contribution in [2.45, 2.75) is 25.6 Å². The van der Waals surface area contributed by atoms with E-state index in [1.165, 1.54) is 6.07 Å². The van der Waals surface area contributed by atoms with Gasteiger partial charge in [-0.1, -0.05) is 0 Å². The van der Waals surface area contributed by atoms with Crippen LogP contribution in [-0.2, 0) is 16.1 Å². The molecule has 1 fully saturated rings. The lowest BCUT2D eigenvalue weighted by atomic mass is 10.2. The Labute approximate surface area is 93.8 Å². The second kappa shape index (κ2) is 4.76. The Morgan fingerprint density at radius 2 is 2.31 bits per heavy atom. The van der Waals surface area contributed by atoms with Gasteiger partial charge < -0.3 is 14.5 Å². The van der Waals surface area contributed by atoms with Gasteiger partial charge in [0.05, 0.1) is 12.3 Å². The summed E-state index contributed by atoms with van der Waals surface area (Å²) in [4.78, 5) is 18.5. The lowest BCUT2D eigenvalue weighted by Crippen LogP contribution is -2.18. The van der Waals surface area contributed by atoms with Gasteiger partial charge in [-0.15, -0.1) is 0 Å². The van der Waals surface area contributed by atoms with E-state index in [-0.39, 0.29) is 11.7 Å². The SMILES string of the molecule is COCc1cc(=O)[nH]c(C(OC)C2CC2)n1. The highest BCUT2D eigenvalue weighted by molar-refractivity contribution is 5.06. The van der Waals surface area contributed by atoms with Crippen LogP contribution in [0, 0.1) is 5.92 Å². The van der Waals surface area contributed by atoms with Gasteiger partial charge in [0.2, 0.25) is 0 Å². The van der Waals surface area contributed by atoms with Crippen LogP contribution >= 0.6 is 0 Å². The summed E-state index contributed by atoms with van der Waals surface area (Å²) in [6, 6.07) is 1.45. The first-order valence-corrected chi connectivity index (χ1v) is 5.36. The Hall–Kier alpha value is -1.20. The van der Waals surface area contributed by atoms with Gasteiger partial charge in [-0.05, 0) is 18.8 Å². The number of ether oxygens (including phenoxy) is 2. The maximum atomic E-state index is 11.4. The first-order valence-electron chi connectivity index (χ1n) is 5.36.